The van der Waals surface area contributed by atoms with E-state index in [1.807, 2.05) is 6.92 Å². The highest BCUT2D eigenvalue weighted by atomic mass is 16.3. The number of rotatable bonds is 2. The Morgan fingerprint density at radius 3 is 2.53 bits per heavy atom. The Morgan fingerprint density at radius 2 is 1.94 bits per heavy atom. The molecule has 3 unspecified atom stereocenters. The molecule has 2 nitrogen and oxygen atoms in total. The highest BCUT2D eigenvalue weighted by Gasteiger charge is 2.41. The van der Waals surface area contributed by atoms with Gasteiger partial charge in [-0.05, 0) is 65.0 Å². The van der Waals surface area contributed by atoms with Crippen molar-refractivity contribution in [3.63, 3.8) is 0 Å². The van der Waals surface area contributed by atoms with Gasteiger partial charge in [0.2, 0.25) is 0 Å². The van der Waals surface area contributed by atoms with E-state index in [-0.39, 0.29) is 0 Å². The standard InChI is InChI=1S/C15H27NO/c1-12(2)13-7-8-15(3,17)14(11-13)16-9-5-4-6-10-16/h13-14,17H,1,4-11H2,2-3H3. The van der Waals surface area contributed by atoms with E-state index in [0.717, 1.165) is 19.3 Å². The highest BCUT2D eigenvalue weighted by molar-refractivity contribution is 5.05. The van der Waals surface area contributed by atoms with Gasteiger partial charge in [-0.15, -0.1) is 0 Å². The third-order valence-electron chi connectivity index (χ3n) is 4.75. The Morgan fingerprint density at radius 1 is 1.29 bits per heavy atom. The Labute approximate surface area is 106 Å². The van der Waals surface area contributed by atoms with Gasteiger partial charge in [-0.25, -0.2) is 0 Å². The third kappa shape index (κ3) is 2.92. The minimum atomic E-state index is -0.497. The van der Waals surface area contributed by atoms with Crippen LogP contribution in [0.15, 0.2) is 12.2 Å². The molecular formula is C15H27NO. The number of likely N-dealkylation sites (tertiary alicyclic amines) is 1. The molecule has 0 radical (unpaired) electrons. The van der Waals surface area contributed by atoms with Crippen LogP contribution >= 0.6 is 0 Å². The van der Waals surface area contributed by atoms with Gasteiger partial charge in [0.15, 0.2) is 0 Å². The summed E-state index contributed by atoms with van der Waals surface area (Å²) in [5.74, 6) is 0.613. The lowest BCUT2D eigenvalue weighted by atomic mass is 9.73. The maximum atomic E-state index is 10.6. The summed E-state index contributed by atoms with van der Waals surface area (Å²) < 4.78 is 0. The topological polar surface area (TPSA) is 23.5 Å². The minimum Gasteiger partial charge on any atom is -0.389 e. The summed E-state index contributed by atoms with van der Waals surface area (Å²) in [6.07, 6.45) is 7.07. The molecule has 0 bridgehead atoms. The van der Waals surface area contributed by atoms with Crippen LogP contribution in [0.25, 0.3) is 0 Å². The van der Waals surface area contributed by atoms with Crippen LogP contribution in [-0.2, 0) is 0 Å². The monoisotopic (exact) mass is 237 g/mol. The largest absolute Gasteiger partial charge is 0.389 e. The van der Waals surface area contributed by atoms with Crippen molar-refractivity contribution in [2.75, 3.05) is 13.1 Å². The van der Waals surface area contributed by atoms with Gasteiger partial charge in [0.1, 0.15) is 0 Å². The summed E-state index contributed by atoms with van der Waals surface area (Å²) >= 11 is 0. The predicted molar refractivity (Wildman–Crippen MR) is 72.0 cm³/mol. The zero-order valence-corrected chi connectivity index (χ0v) is 11.4. The van der Waals surface area contributed by atoms with Gasteiger partial charge in [-0.3, -0.25) is 4.90 Å². The van der Waals surface area contributed by atoms with Crippen molar-refractivity contribution in [1.29, 1.82) is 0 Å². The molecule has 1 N–H and O–H groups in total. The molecule has 17 heavy (non-hydrogen) atoms. The minimum absolute atomic E-state index is 0.346. The Balaban J connectivity index is 2.06. The van der Waals surface area contributed by atoms with Crippen LogP contribution < -0.4 is 0 Å². The van der Waals surface area contributed by atoms with Crippen LogP contribution in [0.5, 0.6) is 0 Å². The van der Waals surface area contributed by atoms with Crippen LogP contribution in [0.2, 0.25) is 0 Å². The summed E-state index contributed by atoms with van der Waals surface area (Å²) in [5.41, 5.74) is 0.797. The van der Waals surface area contributed by atoms with Crippen molar-refractivity contribution < 1.29 is 5.11 Å². The van der Waals surface area contributed by atoms with Crippen molar-refractivity contribution >= 4 is 0 Å². The van der Waals surface area contributed by atoms with Gasteiger partial charge in [0, 0.05) is 6.04 Å². The molecular weight excluding hydrogens is 210 g/mol. The second-order valence-corrected chi connectivity index (χ2v) is 6.29. The van der Waals surface area contributed by atoms with Crippen LogP contribution in [-0.4, -0.2) is 34.7 Å². The van der Waals surface area contributed by atoms with E-state index < -0.39 is 5.60 Å². The number of hydrogen-bond donors (Lipinski definition) is 1. The fourth-order valence-corrected chi connectivity index (χ4v) is 3.49. The molecule has 1 saturated heterocycles. The lowest BCUT2D eigenvalue weighted by molar-refractivity contribution is -0.0737. The van der Waals surface area contributed by atoms with Crippen molar-refractivity contribution in [3.05, 3.63) is 12.2 Å². The first-order valence-corrected chi connectivity index (χ1v) is 7.12. The average Bonchev–Trinajstić information content (AvgIpc) is 2.29. The molecule has 2 heteroatoms. The molecule has 2 fully saturated rings. The fraction of sp³-hybridized carbons (Fsp3) is 0.867. The molecule has 2 aliphatic rings. The Bertz CT molecular complexity index is 279. The van der Waals surface area contributed by atoms with Crippen LogP contribution in [0.1, 0.15) is 52.4 Å². The van der Waals surface area contributed by atoms with Gasteiger partial charge in [0.05, 0.1) is 5.60 Å². The molecule has 2 rings (SSSR count). The van der Waals surface area contributed by atoms with E-state index in [0.29, 0.717) is 12.0 Å². The molecule has 0 amide bonds. The molecule has 1 aliphatic heterocycles. The van der Waals surface area contributed by atoms with E-state index in [4.69, 9.17) is 0 Å². The number of allylic oxidation sites excluding steroid dienone is 1. The second-order valence-electron chi connectivity index (χ2n) is 6.29. The van der Waals surface area contributed by atoms with Crippen LogP contribution in [0.4, 0.5) is 0 Å². The zero-order chi connectivity index (χ0) is 12.5. The average molecular weight is 237 g/mol. The molecule has 3 atom stereocenters. The maximum Gasteiger partial charge on any atom is 0.0774 e. The number of nitrogens with zero attached hydrogens (tertiary/aromatic N) is 1. The van der Waals surface area contributed by atoms with Gasteiger partial charge >= 0.3 is 0 Å². The number of hydrogen-bond acceptors (Lipinski definition) is 2. The molecule has 1 heterocycles. The summed E-state index contributed by atoms with van der Waals surface area (Å²) in [5, 5.41) is 10.6. The number of piperidine rings is 1. The number of aliphatic hydroxyl groups is 1. The van der Waals surface area contributed by atoms with Crippen molar-refractivity contribution in [1.82, 2.24) is 4.90 Å². The molecule has 0 aromatic heterocycles. The van der Waals surface area contributed by atoms with Crippen molar-refractivity contribution in [3.8, 4) is 0 Å². The highest BCUT2D eigenvalue weighted by Crippen LogP contribution is 2.38. The van der Waals surface area contributed by atoms with Gasteiger partial charge in [0.25, 0.3) is 0 Å². The SMILES string of the molecule is C=C(C)C1CCC(C)(O)C(N2CCCCC2)C1. The first-order valence-electron chi connectivity index (χ1n) is 7.12. The van der Waals surface area contributed by atoms with Crippen LogP contribution in [0, 0.1) is 5.92 Å². The lowest BCUT2D eigenvalue weighted by Crippen LogP contribution is -2.55. The van der Waals surface area contributed by atoms with Crippen LogP contribution in [0.3, 0.4) is 0 Å². The molecule has 98 valence electrons. The van der Waals surface area contributed by atoms with E-state index in [1.54, 1.807) is 0 Å². The molecule has 1 saturated carbocycles. The van der Waals surface area contributed by atoms with Gasteiger partial charge in [-0.2, -0.15) is 0 Å². The Hall–Kier alpha value is -0.340. The van der Waals surface area contributed by atoms with Crippen molar-refractivity contribution in [2.24, 2.45) is 5.92 Å². The first-order chi connectivity index (χ1) is 8.00. The molecule has 0 aromatic rings. The van der Waals surface area contributed by atoms with Gasteiger partial charge in [-0.1, -0.05) is 18.6 Å². The molecule has 1 aliphatic carbocycles. The smallest absolute Gasteiger partial charge is 0.0774 e. The van der Waals surface area contributed by atoms with Gasteiger partial charge < -0.3 is 5.11 Å². The van der Waals surface area contributed by atoms with E-state index >= 15 is 0 Å². The quantitative estimate of drug-likeness (QED) is 0.746. The molecule has 0 spiro atoms. The summed E-state index contributed by atoms with van der Waals surface area (Å²) in [6, 6.07) is 0.346. The lowest BCUT2D eigenvalue weighted by Gasteiger charge is -2.48. The predicted octanol–water partition coefficient (Wildman–Crippen LogP) is 2.97. The van der Waals surface area contributed by atoms with Crippen molar-refractivity contribution in [2.45, 2.75) is 64.0 Å². The second kappa shape index (κ2) is 5.11. The maximum absolute atomic E-state index is 10.6. The van der Waals surface area contributed by atoms with E-state index in [9.17, 15) is 5.11 Å². The van der Waals surface area contributed by atoms with E-state index in [2.05, 4.69) is 18.4 Å². The Kier molecular flexibility index (Phi) is 3.94. The normalized spacial score (nSPS) is 40.2. The summed E-state index contributed by atoms with van der Waals surface area (Å²) in [7, 11) is 0. The van der Waals surface area contributed by atoms with E-state index in [1.165, 1.54) is 37.9 Å². The molecule has 0 aromatic carbocycles. The summed E-state index contributed by atoms with van der Waals surface area (Å²) in [6.45, 7) is 10.6. The third-order valence-corrected chi connectivity index (χ3v) is 4.75. The zero-order valence-electron chi connectivity index (χ0n) is 11.4. The fourth-order valence-electron chi connectivity index (χ4n) is 3.49. The first kappa shape index (κ1) is 13.1. The summed E-state index contributed by atoms with van der Waals surface area (Å²) in [4.78, 5) is 2.53.